The summed E-state index contributed by atoms with van der Waals surface area (Å²) in [6, 6.07) is 5.02. The summed E-state index contributed by atoms with van der Waals surface area (Å²) in [6.07, 6.45) is 2.41. The van der Waals surface area contributed by atoms with Crippen LogP contribution in [0.5, 0.6) is 5.75 Å². The van der Waals surface area contributed by atoms with Gasteiger partial charge in [0, 0.05) is 37.1 Å². The molecule has 10 nitrogen and oxygen atoms in total. The van der Waals surface area contributed by atoms with Crippen molar-refractivity contribution in [1.29, 1.82) is 0 Å². The Morgan fingerprint density at radius 1 is 1.19 bits per heavy atom. The summed E-state index contributed by atoms with van der Waals surface area (Å²) in [5, 5.41) is 0.123. The molecule has 190 valence electrons. The minimum atomic E-state index is -4.85. The van der Waals surface area contributed by atoms with Crippen molar-refractivity contribution in [2.75, 3.05) is 37.9 Å². The van der Waals surface area contributed by atoms with Crippen molar-refractivity contribution in [1.82, 2.24) is 14.9 Å². The molecule has 1 aliphatic rings. The van der Waals surface area contributed by atoms with Gasteiger partial charge in [-0.25, -0.2) is 27.8 Å². The van der Waals surface area contributed by atoms with E-state index in [4.69, 9.17) is 26.1 Å². The second-order valence-electron chi connectivity index (χ2n) is 7.65. The van der Waals surface area contributed by atoms with E-state index >= 15 is 4.39 Å². The van der Waals surface area contributed by atoms with Crippen LogP contribution in [-0.2, 0) is 13.9 Å². The number of hydrogen-bond donors (Lipinski definition) is 2. The van der Waals surface area contributed by atoms with E-state index in [1.54, 1.807) is 4.90 Å². The van der Waals surface area contributed by atoms with Crippen molar-refractivity contribution in [2.24, 2.45) is 0 Å². The summed E-state index contributed by atoms with van der Waals surface area (Å²) < 4.78 is 51.0. The Balaban J connectivity index is 1.73. The Morgan fingerprint density at radius 3 is 2.58 bits per heavy atom. The van der Waals surface area contributed by atoms with Crippen LogP contribution in [0.4, 0.5) is 14.6 Å². The monoisotopic (exact) mass is 540 g/mol. The van der Waals surface area contributed by atoms with Crippen molar-refractivity contribution < 1.29 is 37.2 Å². The first-order valence-electron chi connectivity index (χ1n) is 10.5. The van der Waals surface area contributed by atoms with E-state index < -0.39 is 26.3 Å². The van der Waals surface area contributed by atoms with E-state index in [9.17, 15) is 13.8 Å². The van der Waals surface area contributed by atoms with E-state index in [-0.39, 0.29) is 38.7 Å². The Labute approximate surface area is 209 Å². The summed E-state index contributed by atoms with van der Waals surface area (Å²) in [4.78, 5) is 41.4. The van der Waals surface area contributed by atoms with Gasteiger partial charge in [-0.3, -0.25) is 4.79 Å². The van der Waals surface area contributed by atoms with Gasteiger partial charge in [0.05, 0.1) is 10.6 Å². The predicted octanol–water partition coefficient (Wildman–Crippen LogP) is 3.51. The number of fused-ring (bicyclic) bond motifs is 1. The minimum absolute atomic E-state index is 0.121. The smallest absolute Gasteiger partial charge is 0.466 e. The molecule has 2 heterocycles. The fraction of sp³-hybridized carbons (Fsp3) is 0.227. The molecule has 2 aromatic carbocycles. The predicted molar refractivity (Wildman–Crippen MR) is 128 cm³/mol. The van der Waals surface area contributed by atoms with Crippen LogP contribution in [-0.4, -0.2) is 63.5 Å². The van der Waals surface area contributed by atoms with Crippen LogP contribution in [0.15, 0.2) is 43.2 Å². The molecule has 2 N–H and O–H groups in total. The summed E-state index contributed by atoms with van der Waals surface area (Å²) in [7, 11) is -4.85. The molecule has 3 aromatic rings. The number of halogens is 3. The number of anilines is 1. The standard InChI is InChI=1S/C22H20ClF2N4O6P/c1-2-17(30)28-6-8-29(9-7-28)22-13-10-14(23)18(20(25)21(13)26-11-27-22)19-15(24)4-3-5-16(19)34-12-35-36(31,32)33/h2-5,10-11H,1,6-9,12H2,(H2,31,32,33). The number of carbonyl (C=O) groups excluding carboxylic acids is 1. The summed E-state index contributed by atoms with van der Waals surface area (Å²) >= 11 is 6.43. The van der Waals surface area contributed by atoms with Crippen LogP contribution in [0.3, 0.4) is 0 Å². The number of amides is 1. The normalized spacial score (nSPS) is 14.2. The van der Waals surface area contributed by atoms with Crippen molar-refractivity contribution in [3.63, 3.8) is 0 Å². The third kappa shape index (κ3) is 5.32. The largest absolute Gasteiger partial charge is 0.472 e. The fourth-order valence-corrected chi connectivity index (χ4v) is 4.37. The van der Waals surface area contributed by atoms with Crippen LogP contribution >= 0.6 is 19.4 Å². The zero-order valence-electron chi connectivity index (χ0n) is 18.6. The van der Waals surface area contributed by atoms with Gasteiger partial charge in [-0.05, 0) is 24.3 Å². The topological polar surface area (TPSA) is 125 Å². The third-order valence-corrected chi connectivity index (χ3v) is 6.27. The lowest BCUT2D eigenvalue weighted by Gasteiger charge is -2.35. The van der Waals surface area contributed by atoms with Crippen LogP contribution in [0.1, 0.15) is 0 Å². The van der Waals surface area contributed by atoms with Gasteiger partial charge in [0.15, 0.2) is 12.6 Å². The summed E-state index contributed by atoms with van der Waals surface area (Å²) in [5.74, 6) is -1.86. The van der Waals surface area contributed by atoms with E-state index in [1.165, 1.54) is 30.6 Å². The number of ether oxygens (including phenoxy) is 1. The second-order valence-corrected chi connectivity index (χ2v) is 9.30. The van der Waals surface area contributed by atoms with Gasteiger partial charge < -0.3 is 24.3 Å². The van der Waals surface area contributed by atoms with Gasteiger partial charge in [0.25, 0.3) is 0 Å². The van der Waals surface area contributed by atoms with Crippen molar-refractivity contribution in [3.8, 4) is 16.9 Å². The molecular weight excluding hydrogens is 521 g/mol. The number of hydrogen-bond acceptors (Lipinski definition) is 7. The number of rotatable bonds is 7. The first-order valence-corrected chi connectivity index (χ1v) is 12.4. The first kappa shape index (κ1) is 25.9. The molecule has 0 bridgehead atoms. The second kappa shape index (κ2) is 10.5. The lowest BCUT2D eigenvalue weighted by atomic mass is 10.0. The lowest BCUT2D eigenvalue weighted by Crippen LogP contribution is -2.48. The molecule has 0 unspecified atom stereocenters. The highest BCUT2D eigenvalue weighted by molar-refractivity contribution is 7.46. The minimum Gasteiger partial charge on any atom is -0.466 e. The zero-order valence-corrected chi connectivity index (χ0v) is 20.3. The number of nitrogens with zero attached hydrogens (tertiary/aromatic N) is 4. The number of aromatic nitrogens is 2. The van der Waals surface area contributed by atoms with Crippen molar-refractivity contribution in [3.05, 3.63) is 59.9 Å². The number of benzene rings is 2. The summed E-state index contributed by atoms with van der Waals surface area (Å²) in [5.41, 5.74) is -0.836. The average Bonchev–Trinajstić information content (AvgIpc) is 2.84. The molecule has 14 heteroatoms. The van der Waals surface area contributed by atoms with Gasteiger partial charge in [0.1, 0.15) is 29.2 Å². The third-order valence-electron chi connectivity index (χ3n) is 5.53. The maximum atomic E-state index is 15.8. The molecule has 0 radical (unpaired) electrons. The van der Waals surface area contributed by atoms with Gasteiger partial charge in [-0.2, -0.15) is 0 Å². The molecule has 1 saturated heterocycles. The van der Waals surface area contributed by atoms with Crippen LogP contribution in [0, 0.1) is 11.6 Å². The van der Waals surface area contributed by atoms with E-state index in [0.717, 1.165) is 6.07 Å². The number of piperazine rings is 1. The molecule has 1 amide bonds. The molecular formula is C22H20ClF2N4O6P. The van der Waals surface area contributed by atoms with E-state index in [1.807, 2.05) is 4.90 Å². The number of phosphoric acid groups is 1. The van der Waals surface area contributed by atoms with Crippen LogP contribution < -0.4 is 9.64 Å². The van der Waals surface area contributed by atoms with Crippen LogP contribution in [0.25, 0.3) is 22.0 Å². The van der Waals surface area contributed by atoms with Crippen molar-refractivity contribution >= 4 is 42.1 Å². The molecule has 0 aliphatic carbocycles. The molecule has 0 spiro atoms. The number of carbonyl (C=O) groups is 1. The molecule has 0 atom stereocenters. The number of phosphoric ester groups is 1. The molecule has 1 aromatic heterocycles. The molecule has 1 fully saturated rings. The fourth-order valence-electron chi connectivity index (χ4n) is 3.89. The van der Waals surface area contributed by atoms with Gasteiger partial charge in [-0.15, -0.1) is 0 Å². The zero-order chi connectivity index (χ0) is 26.0. The highest BCUT2D eigenvalue weighted by Gasteiger charge is 2.27. The molecule has 4 rings (SSSR count). The van der Waals surface area contributed by atoms with Gasteiger partial charge >= 0.3 is 7.82 Å². The highest BCUT2D eigenvalue weighted by Crippen LogP contribution is 2.43. The Bertz CT molecular complexity index is 1380. The van der Waals surface area contributed by atoms with Gasteiger partial charge in [0.2, 0.25) is 5.91 Å². The Hall–Kier alpha value is -3.15. The maximum Gasteiger partial charge on any atom is 0.472 e. The summed E-state index contributed by atoms with van der Waals surface area (Å²) in [6.45, 7) is 4.25. The Kier molecular flexibility index (Phi) is 7.53. The molecule has 1 aliphatic heterocycles. The SMILES string of the molecule is C=CC(=O)N1CCN(c2ncnc3c(F)c(-c4c(F)cccc4OCOP(=O)(O)O)c(Cl)cc23)CC1. The molecule has 0 saturated carbocycles. The quantitative estimate of drug-likeness (QED) is 0.263. The van der Waals surface area contributed by atoms with E-state index in [0.29, 0.717) is 32.0 Å². The van der Waals surface area contributed by atoms with Crippen LogP contribution in [0.2, 0.25) is 5.02 Å². The van der Waals surface area contributed by atoms with E-state index in [2.05, 4.69) is 21.1 Å². The van der Waals surface area contributed by atoms with Crippen molar-refractivity contribution in [2.45, 2.75) is 0 Å². The van der Waals surface area contributed by atoms with Gasteiger partial charge in [-0.1, -0.05) is 24.2 Å². The lowest BCUT2D eigenvalue weighted by molar-refractivity contribution is -0.126. The maximum absolute atomic E-state index is 15.8. The molecule has 36 heavy (non-hydrogen) atoms. The Morgan fingerprint density at radius 2 is 1.92 bits per heavy atom. The average molecular weight is 541 g/mol. The first-order chi connectivity index (χ1) is 17.1. The highest BCUT2D eigenvalue weighted by atomic mass is 35.5.